The maximum atomic E-state index is 13.8. The number of piperazine rings is 1. The van der Waals surface area contributed by atoms with Gasteiger partial charge in [0.15, 0.2) is 17.5 Å². The van der Waals surface area contributed by atoms with Gasteiger partial charge in [0.25, 0.3) is 0 Å². The molecule has 5 nitrogen and oxygen atoms in total. The Balaban J connectivity index is 1.78. The molecule has 134 valence electrons. The molecule has 0 radical (unpaired) electrons. The van der Waals surface area contributed by atoms with E-state index in [1.165, 1.54) is 12.1 Å². The predicted molar refractivity (Wildman–Crippen MR) is 85.4 cm³/mol. The minimum atomic E-state index is -4.26. The number of sulfonamides is 1. The van der Waals surface area contributed by atoms with E-state index in [1.807, 2.05) is 4.90 Å². The standard InChI is InChI=1S/C16H15F3N2O3S/c17-13-5-6-14(16(19)15(13)18)25(23,24)21-9-7-20(8-10-21)11-1-3-12(22)4-2-11/h1-6,22H,7-10H2. The molecule has 9 heteroatoms. The summed E-state index contributed by atoms with van der Waals surface area (Å²) < 4.78 is 66.2. The number of halogens is 3. The van der Waals surface area contributed by atoms with Gasteiger partial charge in [-0.05, 0) is 36.4 Å². The van der Waals surface area contributed by atoms with Gasteiger partial charge in [0.05, 0.1) is 0 Å². The van der Waals surface area contributed by atoms with Crippen molar-refractivity contribution in [3.8, 4) is 5.75 Å². The van der Waals surface area contributed by atoms with Crippen molar-refractivity contribution in [1.29, 1.82) is 0 Å². The minimum absolute atomic E-state index is 0.0711. The topological polar surface area (TPSA) is 60.9 Å². The maximum absolute atomic E-state index is 13.8. The number of benzene rings is 2. The van der Waals surface area contributed by atoms with Crippen LogP contribution in [0.15, 0.2) is 41.3 Å². The minimum Gasteiger partial charge on any atom is -0.508 e. The Hall–Kier alpha value is -2.26. The van der Waals surface area contributed by atoms with E-state index < -0.39 is 32.4 Å². The van der Waals surface area contributed by atoms with Crippen molar-refractivity contribution in [3.63, 3.8) is 0 Å². The van der Waals surface area contributed by atoms with Gasteiger partial charge in [-0.1, -0.05) is 0 Å². The van der Waals surface area contributed by atoms with Gasteiger partial charge in [-0.3, -0.25) is 0 Å². The Morgan fingerprint density at radius 3 is 2.04 bits per heavy atom. The summed E-state index contributed by atoms with van der Waals surface area (Å²) in [6.45, 7) is 0.827. The molecule has 2 aromatic rings. The second-order valence-corrected chi connectivity index (χ2v) is 7.49. The van der Waals surface area contributed by atoms with Crippen LogP contribution in [0.3, 0.4) is 0 Å². The average molecular weight is 372 g/mol. The molecule has 1 saturated heterocycles. The zero-order valence-electron chi connectivity index (χ0n) is 13.0. The summed E-state index contributed by atoms with van der Waals surface area (Å²) in [5.41, 5.74) is 0.814. The molecule has 1 aliphatic heterocycles. The predicted octanol–water partition coefficient (Wildman–Crippen LogP) is 2.32. The Bertz CT molecular complexity index is 880. The first-order valence-corrected chi connectivity index (χ1v) is 8.92. The van der Waals surface area contributed by atoms with Crippen molar-refractivity contribution in [3.05, 3.63) is 53.8 Å². The van der Waals surface area contributed by atoms with E-state index in [1.54, 1.807) is 12.1 Å². The van der Waals surface area contributed by atoms with Crippen molar-refractivity contribution < 1.29 is 26.7 Å². The number of rotatable bonds is 3. The quantitative estimate of drug-likeness (QED) is 0.840. The molecule has 1 aliphatic rings. The molecular weight excluding hydrogens is 357 g/mol. The van der Waals surface area contributed by atoms with Crippen LogP contribution in [0.5, 0.6) is 5.75 Å². The van der Waals surface area contributed by atoms with Crippen LogP contribution in [-0.4, -0.2) is 44.0 Å². The van der Waals surface area contributed by atoms with E-state index in [-0.39, 0.29) is 18.8 Å². The van der Waals surface area contributed by atoms with Crippen molar-refractivity contribution in [2.45, 2.75) is 4.90 Å². The molecule has 0 unspecified atom stereocenters. The number of phenols is 1. The monoisotopic (exact) mass is 372 g/mol. The lowest BCUT2D eigenvalue weighted by Crippen LogP contribution is -2.48. The van der Waals surface area contributed by atoms with Crippen molar-refractivity contribution in [1.82, 2.24) is 4.31 Å². The Morgan fingerprint density at radius 1 is 0.840 bits per heavy atom. The van der Waals surface area contributed by atoms with Crippen LogP contribution in [0, 0.1) is 17.5 Å². The number of phenolic OH excluding ortho intramolecular Hbond substituents is 1. The lowest BCUT2D eigenvalue weighted by atomic mass is 10.2. The third kappa shape index (κ3) is 3.29. The summed E-state index contributed by atoms with van der Waals surface area (Å²) in [6.07, 6.45) is 0. The summed E-state index contributed by atoms with van der Waals surface area (Å²) >= 11 is 0. The van der Waals surface area contributed by atoms with Gasteiger partial charge in [-0.2, -0.15) is 4.31 Å². The van der Waals surface area contributed by atoms with Gasteiger partial charge in [-0.25, -0.2) is 21.6 Å². The number of hydrogen-bond acceptors (Lipinski definition) is 4. The number of anilines is 1. The summed E-state index contributed by atoms with van der Waals surface area (Å²) in [7, 11) is -4.26. The first kappa shape index (κ1) is 17.6. The molecule has 1 N–H and O–H groups in total. The largest absolute Gasteiger partial charge is 0.508 e. The van der Waals surface area contributed by atoms with Crippen molar-refractivity contribution >= 4 is 15.7 Å². The molecule has 0 aromatic heterocycles. The number of nitrogens with zero attached hydrogens (tertiary/aromatic N) is 2. The molecule has 3 rings (SSSR count). The third-order valence-corrected chi connectivity index (χ3v) is 5.99. The second kappa shape index (κ2) is 6.57. The van der Waals surface area contributed by atoms with Gasteiger partial charge in [-0.15, -0.1) is 0 Å². The molecule has 1 fully saturated rings. The van der Waals surface area contributed by atoms with E-state index in [9.17, 15) is 26.7 Å². The Morgan fingerprint density at radius 2 is 1.44 bits per heavy atom. The lowest BCUT2D eigenvalue weighted by Gasteiger charge is -2.35. The molecule has 1 heterocycles. The van der Waals surface area contributed by atoms with Crippen LogP contribution >= 0.6 is 0 Å². The zero-order valence-corrected chi connectivity index (χ0v) is 13.8. The lowest BCUT2D eigenvalue weighted by molar-refractivity contribution is 0.377. The summed E-state index contributed by atoms with van der Waals surface area (Å²) in [4.78, 5) is 1.04. The summed E-state index contributed by atoms with van der Waals surface area (Å²) in [6, 6.07) is 7.78. The van der Waals surface area contributed by atoms with Gasteiger partial charge in [0.1, 0.15) is 10.6 Å². The van der Waals surface area contributed by atoms with E-state index in [0.29, 0.717) is 19.2 Å². The highest BCUT2D eigenvalue weighted by Crippen LogP contribution is 2.25. The molecule has 0 spiro atoms. The van der Waals surface area contributed by atoms with E-state index in [0.717, 1.165) is 16.1 Å². The fourth-order valence-corrected chi connectivity index (χ4v) is 4.17. The molecule has 0 saturated carbocycles. The SMILES string of the molecule is O=S(=O)(c1ccc(F)c(F)c1F)N1CCN(c2ccc(O)cc2)CC1. The highest BCUT2D eigenvalue weighted by atomic mass is 32.2. The van der Waals surface area contributed by atoms with E-state index >= 15 is 0 Å². The third-order valence-electron chi connectivity index (χ3n) is 4.07. The van der Waals surface area contributed by atoms with Crippen LogP contribution in [0.4, 0.5) is 18.9 Å². The second-order valence-electron chi connectivity index (χ2n) is 5.58. The van der Waals surface area contributed by atoms with Crippen molar-refractivity contribution in [2.24, 2.45) is 0 Å². The fourth-order valence-electron chi connectivity index (χ4n) is 2.70. The molecule has 0 aliphatic carbocycles. The van der Waals surface area contributed by atoms with E-state index in [2.05, 4.69) is 0 Å². The smallest absolute Gasteiger partial charge is 0.246 e. The molecular formula is C16H15F3N2O3S. The Labute approximate surface area is 143 Å². The maximum Gasteiger partial charge on any atom is 0.246 e. The van der Waals surface area contributed by atoms with Gasteiger partial charge >= 0.3 is 0 Å². The highest BCUT2D eigenvalue weighted by molar-refractivity contribution is 7.89. The number of hydrogen-bond donors (Lipinski definition) is 1. The first-order valence-electron chi connectivity index (χ1n) is 7.48. The van der Waals surface area contributed by atoms with E-state index in [4.69, 9.17) is 0 Å². The molecule has 2 aromatic carbocycles. The summed E-state index contributed by atoms with van der Waals surface area (Å²) in [5.74, 6) is -4.82. The Kier molecular flexibility index (Phi) is 4.61. The molecule has 0 amide bonds. The van der Waals surface area contributed by atoms with Gasteiger partial charge in [0.2, 0.25) is 10.0 Å². The van der Waals surface area contributed by atoms with Gasteiger partial charge < -0.3 is 10.0 Å². The molecule has 0 atom stereocenters. The van der Waals surface area contributed by atoms with Crippen molar-refractivity contribution in [2.75, 3.05) is 31.1 Å². The first-order chi connectivity index (χ1) is 11.8. The fraction of sp³-hybridized carbons (Fsp3) is 0.250. The van der Waals surface area contributed by atoms with Crippen LogP contribution in [0.2, 0.25) is 0 Å². The van der Waals surface area contributed by atoms with Crippen LogP contribution < -0.4 is 4.90 Å². The number of aromatic hydroxyl groups is 1. The van der Waals surface area contributed by atoms with Crippen LogP contribution in [-0.2, 0) is 10.0 Å². The summed E-state index contributed by atoms with van der Waals surface area (Å²) in [5, 5.41) is 9.30. The molecule has 25 heavy (non-hydrogen) atoms. The highest BCUT2D eigenvalue weighted by Gasteiger charge is 2.32. The molecule has 0 bridgehead atoms. The van der Waals surface area contributed by atoms with Gasteiger partial charge in [0, 0.05) is 31.9 Å². The zero-order chi connectivity index (χ0) is 18.2. The van der Waals surface area contributed by atoms with Crippen LogP contribution in [0.25, 0.3) is 0 Å². The normalized spacial score (nSPS) is 16.2. The van der Waals surface area contributed by atoms with Crippen LogP contribution in [0.1, 0.15) is 0 Å². The average Bonchev–Trinajstić information content (AvgIpc) is 2.60.